The Hall–Kier alpha value is -3.96. The highest BCUT2D eigenvalue weighted by Crippen LogP contribution is 2.23. The number of piperidine rings is 1. The lowest BCUT2D eigenvalue weighted by molar-refractivity contribution is -0.384. The van der Waals surface area contributed by atoms with Crippen molar-refractivity contribution in [2.24, 2.45) is 11.7 Å². The number of carbonyl (C=O) groups excluding carboxylic acids is 3. The second kappa shape index (κ2) is 9.90. The molecule has 1 aromatic carbocycles. The maximum Gasteiger partial charge on any atom is 0.362 e. The molecule has 2 heterocycles. The number of ether oxygens (including phenoxy) is 2. The average molecular weight is 445 g/mol. The number of amides is 2. The highest BCUT2D eigenvalue weighted by atomic mass is 16.6. The third-order valence-electron chi connectivity index (χ3n) is 5.08. The van der Waals surface area contributed by atoms with Crippen molar-refractivity contribution in [1.29, 1.82) is 0 Å². The number of aromatic nitrogens is 2. The van der Waals surface area contributed by atoms with Crippen molar-refractivity contribution in [3.63, 3.8) is 0 Å². The van der Waals surface area contributed by atoms with E-state index in [1.807, 2.05) is 0 Å². The van der Waals surface area contributed by atoms with Crippen LogP contribution in [-0.4, -0.2) is 63.7 Å². The number of nitrogens with two attached hydrogens (primary N) is 1. The number of primary amides is 1. The summed E-state index contributed by atoms with van der Waals surface area (Å²) in [5.41, 5.74) is 5.56. The maximum absolute atomic E-state index is 12.5. The Bertz CT molecular complexity index is 1010. The highest BCUT2D eigenvalue weighted by molar-refractivity contribution is 5.90. The first-order valence-corrected chi connectivity index (χ1v) is 10.0. The number of likely N-dealkylation sites (tertiary alicyclic amines) is 1. The third-order valence-corrected chi connectivity index (χ3v) is 5.08. The summed E-state index contributed by atoms with van der Waals surface area (Å²) < 4.78 is 11.9. The van der Waals surface area contributed by atoms with Gasteiger partial charge >= 0.3 is 5.97 Å². The largest absolute Gasteiger partial charge is 0.480 e. The summed E-state index contributed by atoms with van der Waals surface area (Å²) in [6.45, 7) is 2.21. The maximum atomic E-state index is 12.5. The van der Waals surface area contributed by atoms with Gasteiger partial charge in [-0.15, -0.1) is 0 Å². The Labute approximate surface area is 183 Å². The number of rotatable bonds is 8. The van der Waals surface area contributed by atoms with Gasteiger partial charge in [-0.1, -0.05) is 0 Å². The van der Waals surface area contributed by atoms with Gasteiger partial charge in [0.05, 0.1) is 23.4 Å². The molecule has 0 unspecified atom stereocenters. The standard InChI is InChI=1S/C20H23N5O7/c1-2-31-20(28)18-16(11-24(22-18)14-3-5-15(6-4-14)25(29)30)32-12-17(26)23-9-7-13(8-10-23)19(21)27/h3-6,11,13H,2,7-10,12H2,1H3,(H2,21,27). The summed E-state index contributed by atoms with van der Waals surface area (Å²) in [6, 6.07) is 5.55. The smallest absolute Gasteiger partial charge is 0.362 e. The summed E-state index contributed by atoms with van der Waals surface area (Å²) in [5.74, 6) is -1.59. The van der Waals surface area contributed by atoms with Crippen LogP contribution in [0.1, 0.15) is 30.3 Å². The van der Waals surface area contributed by atoms with Crippen LogP contribution >= 0.6 is 0 Å². The number of hydrogen-bond acceptors (Lipinski definition) is 8. The zero-order chi connectivity index (χ0) is 23.3. The van der Waals surface area contributed by atoms with E-state index < -0.39 is 10.9 Å². The molecule has 1 aromatic heterocycles. The molecule has 0 saturated carbocycles. The molecule has 1 saturated heterocycles. The van der Waals surface area contributed by atoms with Gasteiger partial charge in [0.1, 0.15) is 0 Å². The summed E-state index contributed by atoms with van der Waals surface area (Å²) in [6.07, 6.45) is 2.39. The monoisotopic (exact) mass is 445 g/mol. The van der Waals surface area contributed by atoms with E-state index in [0.717, 1.165) is 0 Å². The van der Waals surface area contributed by atoms with Crippen LogP contribution in [0.4, 0.5) is 5.69 Å². The number of benzene rings is 1. The van der Waals surface area contributed by atoms with Crippen LogP contribution in [0, 0.1) is 16.0 Å². The highest BCUT2D eigenvalue weighted by Gasteiger charge is 2.27. The molecule has 170 valence electrons. The molecule has 0 radical (unpaired) electrons. The molecule has 12 nitrogen and oxygen atoms in total. The second-order valence-electron chi connectivity index (χ2n) is 7.13. The van der Waals surface area contributed by atoms with Crippen molar-refractivity contribution in [2.75, 3.05) is 26.3 Å². The van der Waals surface area contributed by atoms with Crippen LogP contribution in [0.2, 0.25) is 0 Å². The molecular formula is C20H23N5O7. The molecule has 0 bridgehead atoms. The Balaban J connectivity index is 1.73. The van der Waals surface area contributed by atoms with Gasteiger partial charge in [-0.2, -0.15) is 5.10 Å². The van der Waals surface area contributed by atoms with Crippen LogP contribution in [-0.2, 0) is 14.3 Å². The molecule has 0 aliphatic carbocycles. The second-order valence-corrected chi connectivity index (χ2v) is 7.13. The lowest BCUT2D eigenvalue weighted by Crippen LogP contribution is -2.43. The van der Waals surface area contributed by atoms with Crippen molar-refractivity contribution < 1.29 is 28.8 Å². The SMILES string of the molecule is CCOC(=O)c1nn(-c2ccc([N+](=O)[O-])cc2)cc1OCC(=O)N1CCC(C(N)=O)CC1. The minimum Gasteiger partial charge on any atom is -0.480 e. The van der Waals surface area contributed by atoms with Gasteiger partial charge < -0.3 is 20.1 Å². The van der Waals surface area contributed by atoms with Crippen molar-refractivity contribution in [3.8, 4) is 11.4 Å². The predicted octanol–water partition coefficient (Wildman–Crippen LogP) is 1.06. The van der Waals surface area contributed by atoms with E-state index in [4.69, 9.17) is 15.2 Å². The number of non-ortho nitro benzene ring substituents is 1. The molecule has 2 amide bonds. The molecule has 2 aromatic rings. The predicted molar refractivity (Wildman–Crippen MR) is 110 cm³/mol. The Morgan fingerprint density at radius 2 is 1.88 bits per heavy atom. The molecule has 1 aliphatic heterocycles. The number of carbonyl (C=O) groups is 3. The summed E-state index contributed by atoms with van der Waals surface area (Å²) in [4.78, 5) is 48.0. The van der Waals surface area contributed by atoms with E-state index in [1.165, 1.54) is 35.1 Å². The molecule has 0 atom stereocenters. The fourth-order valence-electron chi connectivity index (χ4n) is 3.31. The fraction of sp³-hybridized carbons (Fsp3) is 0.400. The van der Waals surface area contributed by atoms with Crippen LogP contribution in [0.3, 0.4) is 0 Å². The number of esters is 1. The van der Waals surface area contributed by atoms with Crippen LogP contribution in [0.5, 0.6) is 5.75 Å². The van der Waals surface area contributed by atoms with E-state index in [0.29, 0.717) is 31.6 Å². The molecule has 0 spiro atoms. The molecule has 3 rings (SSSR count). The van der Waals surface area contributed by atoms with E-state index in [2.05, 4.69) is 5.10 Å². The summed E-state index contributed by atoms with van der Waals surface area (Å²) in [7, 11) is 0. The van der Waals surface area contributed by atoms with Crippen LogP contribution in [0.15, 0.2) is 30.5 Å². The van der Waals surface area contributed by atoms with Crippen LogP contribution < -0.4 is 10.5 Å². The molecule has 1 aliphatic rings. The normalized spacial score (nSPS) is 14.1. The lowest BCUT2D eigenvalue weighted by Gasteiger charge is -2.30. The van der Waals surface area contributed by atoms with Gasteiger partial charge in [-0.3, -0.25) is 19.7 Å². The molecule has 1 fully saturated rings. The molecule has 12 heteroatoms. The van der Waals surface area contributed by atoms with Gasteiger partial charge in [-0.25, -0.2) is 9.48 Å². The van der Waals surface area contributed by atoms with E-state index in [1.54, 1.807) is 11.8 Å². The topological polar surface area (TPSA) is 160 Å². The first kappa shape index (κ1) is 22.7. The first-order valence-electron chi connectivity index (χ1n) is 10.0. The average Bonchev–Trinajstić information content (AvgIpc) is 3.22. The minimum atomic E-state index is -0.724. The van der Waals surface area contributed by atoms with E-state index in [9.17, 15) is 24.5 Å². The van der Waals surface area contributed by atoms with Gasteiger partial charge in [-0.05, 0) is 31.9 Å². The first-order chi connectivity index (χ1) is 15.3. The van der Waals surface area contributed by atoms with Gasteiger partial charge in [0.15, 0.2) is 12.4 Å². The molecular weight excluding hydrogens is 422 g/mol. The summed E-state index contributed by atoms with van der Waals surface area (Å²) >= 11 is 0. The minimum absolute atomic E-state index is 0.0437. The van der Waals surface area contributed by atoms with Gasteiger partial charge in [0.25, 0.3) is 11.6 Å². The number of nitro groups is 1. The van der Waals surface area contributed by atoms with Crippen molar-refractivity contribution in [1.82, 2.24) is 14.7 Å². The van der Waals surface area contributed by atoms with Gasteiger partial charge in [0, 0.05) is 31.1 Å². The van der Waals surface area contributed by atoms with Crippen molar-refractivity contribution in [3.05, 3.63) is 46.3 Å². The van der Waals surface area contributed by atoms with Crippen LogP contribution in [0.25, 0.3) is 5.69 Å². The Morgan fingerprint density at radius 1 is 1.22 bits per heavy atom. The Morgan fingerprint density at radius 3 is 2.44 bits per heavy atom. The summed E-state index contributed by atoms with van der Waals surface area (Å²) in [5, 5.41) is 15.0. The number of hydrogen-bond donors (Lipinski definition) is 1. The quantitative estimate of drug-likeness (QED) is 0.358. The van der Waals surface area contributed by atoms with E-state index in [-0.39, 0.29) is 48.1 Å². The third kappa shape index (κ3) is 5.20. The zero-order valence-electron chi connectivity index (χ0n) is 17.4. The number of nitro benzene ring substituents is 1. The lowest BCUT2D eigenvalue weighted by atomic mass is 9.96. The van der Waals surface area contributed by atoms with Crippen molar-refractivity contribution >= 4 is 23.5 Å². The zero-order valence-corrected chi connectivity index (χ0v) is 17.4. The fourth-order valence-corrected chi connectivity index (χ4v) is 3.31. The Kier molecular flexibility index (Phi) is 7.03. The molecule has 32 heavy (non-hydrogen) atoms. The van der Waals surface area contributed by atoms with Crippen molar-refractivity contribution in [2.45, 2.75) is 19.8 Å². The van der Waals surface area contributed by atoms with Gasteiger partial charge in [0.2, 0.25) is 11.6 Å². The molecule has 2 N–H and O–H groups in total. The van der Waals surface area contributed by atoms with E-state index >= 15 is 0 Å². The number of nitrogens with zero attached hydrogens (tertiary/aromatic N) is 4.